The second kappa shape index (κ2) is 5.36. The first-order valence-corrected chi connectivity index (χ1v) is 6.50. The lowest BCUT2D eigenvalue weighted by atomic mass is 9.92. The first-order chi connectivity index (χ1) is 9.40. The predicted molar refractivity (Wildman–Crippen MR) is 76.2 cm³/mol. The summed E-state index contributed by atoms with van der Waals surface area (Å²) in [7, 11) is 0. The minimum absolute atomic E-state index is 0.107. The maximum atomic E-state index is 11.3. The van der Waals surface area contributed by atoms with Gasteiger partial charge in [-0.3, -0.25) is 14.9 Å². The van der Waals surface area contributed by atoms with Gasteiger partial charge in [0, 0.05) is 24.3 Å². The Morgan fingerprint density at radius 3 is 2.70 bits per heavy atom. The Balaban J connectivity index is 2.27. The molecule has 7 heteroatoms. The minimum atomic E-state index is -0.509. The predicted octanol–water partition coefficient (Wildman–Crippen LogP) is 1.27. The molecule has 1 aromatic carbocycles. The van der Waals surface area contributed by atoms with Crippen LogP contribution in [-0.2, 0) is 4.79 Å². The molecule has 2 rings (SSSR count). The van der Waals surface area contributed by atoms with E-state index in [0.29, 0.717) is 6.54 Å². The van der Waals surface area contributed by atoms with Crippen molar-refractivity contribution >= 4 is 23.0 Å². The smallest absolute Gasteiger partial charge is 0.292 e. The van der Waals surface area contributed by atoms with Crippen LogP contribution in [0, 0.1) is 16.0 Å². The van der Waals surface area contributed by atoms with Gasteiger partial charge in [-0.15, -0.1) is 0 Å². The number of nitrogens with two attached hydrogens (primary N) is 2. The molecule has 1 saturated heterocycles. The summed E-state index contributed by atoms with van der Waals surface area (Å²) in [4.78, 5) is 23.6. The van der Waals surface area contributed by atoms with Crippen molar-refractivity contribution in [2.24, 2.45) is 11.7 Å². The van der Waals surface area contributed by atoms with E-state index in [4.69, 9.17) is 11.5 Å². The fourth-order valence-electron chi connectivity index (χ4n) is 2.59. The number of nitro benzene ring substituents is 1. The molecule has 0 spiro atoms. The van der Waals surface area contributed by atoms with Gasteiger partial charge in [-0.25, -0.2) is 0 Å². The Morgan fingerprint density at radius 2 is 2.15 bits per heavy atom. The van der Waals surface area contributed by atoms with Gasteiger partial charge in [-0.1, -0.05) is 0 Å². The number of benzene rings is 1. The van der Waals surface area contributed by atoms with Crippen LogP contribution >= 0.6 is 0 Å². The molecule has 7 nitrogen and oxygen atoms in total. The Bertz CT molecular complexity index is 546. The van der Waals surface area contributed by atoms with E-state index in [0.717, 1.165) is 18.5 Å². The second-order valence-corrected chi connectivity index (χ2v) is 5.18. The molecule has 0 aromatic heterocycles. The Kier molecular flexibility index (Phi) is 3.78. The van der Waals surface area contributed by atoms with Crippen molar-refractivity contribution in [3.05, 3.63) is 28.3 Å². The van der Waals surface area contributed by atoms with E-state index in [1.165, 1.54) is 6.07 Å². The monoisotopic (exact) mass is 278 g/mol. The van der Waals surface area contributed by atoms with Crippen LogP contribution in [0.3, 0.4) is 0 Å². The van der Waals surface area contributed by atoms with Crippen LogP contribution in [-0.4, -0.2) is 23.4 Å². The highest BCUT2D eigenvalue weighted by atomic mass is 16.6. The summed E-state index contributed by atoms with van der Waals surface area (Å²) in [5.74, 6) is -0.501. The first kappa shape index (κ1) is 14.1. The zero-order valence-electron chi connectivity index (χ0n) is 11.3. The van der Waals surface area contributed by atoms with Gasteiger partial charge in [0.25, 0.3) is 5.69 Å². The van der Waals surface area contributed by atoms with Crippen molar-refractivity contribution < 1.29 is 9.72 Å². The minimum Gasteiger partial charge on any atom is -0.393 e. The van der Waals surface area contributed by atoms with Crippen molar-refractivity contribution in [2.45, 2.75) is 25.8 Å². The Morgan fingerprint density at radius 1 is 1.45 bits per heavy atom. The van der Waals surface area contributed by atoms with Gasteiger partial charge in [-0.05, 0) is 31.9 Å². The molecule has 1 aromatic rings. The summed E-state index contributed by atoms with van der Waals surface area (Å²) in [6, 6.07) is 4.88. The van der Waals surface area contributed by atoms with Crippen LogP contribution < -0.4 is 16.4 Å². The summed E-state index contributed by atoms with van der Waals surface area (Å²) in [6.45, 7) is 2.57. The van der Waals surface area contributed by atoms with Crippen LogP contribution in [0.25, 0.3) is 0 Å². The summed E-state index contributed by atoms with van der Waals surface area (Å²) in [6.07, 6.45) is 1.62. The summed E-state index contributed by atoms with van der Waals surface area (Å²) >= 11 is 0. The average molecular weight is 278 g/mol. The number of primary amides is 1. The van der Waals surface area contributed by atoms with Gasteiger partial charge in [0.05, 0.1) is 10.8 Å². The molecule has 1 fully saturated rings. The van der Waals surface area contributed by atoms with E-state index >= 15 is 0 Å². The molecule has 2 unspecified atom stereocenters. The highest BCUT2D eigenvalue weighted by Gasteiger charge is 2.29. The molecular weight excluding hydrogens is 260 g/mol. The summed E-state index contributed by atoms with van der Waals surface area (Å²) < 4.78 is 0. The van der Waals surface area contributed by atoms with Crippen molar-refractivity contribution in [3.63, 3.8) is 0 Å². The van der Waals surface area contributed by atoms with E-state index in [1.807, 2.05) is 4.90 Å². The highest BCUT2D eigenvalue weighted by Crippen LogP contribution is 2.32. The lowest BCUT2D eigenvalue weighted by molar-refractivity contribution is -0.383. The number of carbonyl (C=O) groups is 1. The van der Waals surface area contributed by atoms with E-state index in [-0.39, 0.29) is 29.2 Å². The highest BCUT2D eigenvalue weighted by molar-refractivity contribution is 5.78. The summed E-state index contributed by atoms with van der Waals surface area (Å²) in [5, 5.41) is 10.8. The van der Waals surface area contributed by atoms with E-state index in [1.54, 1.807) is 12.1 Å². The van der Waals surface area contributed by atoms with Crippen molar-refractivity contribution in [1.29, 1.82) is 0 Å². The van der Waals surface area contributed by atoms with Crippen LogP contribution in [0.1, 0.15) is 19.8 Å². The molecule has 0 bridgehead atoms. The average Bonchev–Trinajstić information content (AvgIpc) is 2.38. The molecule has 4 N–H and O–H groups in total. The fraction of sp³-hybridized carbons (Fsp3) is 0.462. The molecule has 1 aliphatic heterocycles. The third-order valence-corrected chi connectivity index (χ3v) is 3.82. The molecule has 20 heavy (non-hydrogen) atoms. The maximum absolute atomic E-state index is 11.3. The second-order valence-electron chi connectivity index (χ2n) is 5.18. The molecule has 1 heterocycles. The van der Waals surface area contributed by atoms with Crippen molar-refractivity contribution in [3.8, 4) is 0 Å². The maximum Gasteiger partial charge on any atom is 0.292 e. The molecule has 108 valence electrons. The van der Waals surface area contributed by atoms with Gasteiger partial charge in [0.15, 0.2) is 0 Å². The standard InChI is InChI=1S/C13H18N4O3/c1-8-2-3-9(13(15)18)7-16(8)10-4-5-12(17(19)20)11(14)6-10/h4-6,8-9H,2-3,7,14H2,1H3,(H2,15,18). The molecule has 0 aliphatic carbocycles. The summed E-state index contributed by atoms with van der Waals surface area (Å²) in [5.41, 5.74) is 11.9. The Labute approximate surface area is 116 Å². The topological polar surface area (TPSA) is 115 Å². The number of hydrogen-bond acceptors (Lipinski definition) is 5. The number of nitrogen functional groups attached to an aromatic ring is 1. The number of nitrogens with zero attached hydrogens (tertiary/aromatic N) is 2. The molecule has 0 saturated carbocycles. The van der Waals surface area contributed by atoms with Crippen molar-refractivity contribution in [1.82, 2.24) is 0 Å². The lowest BCUT2D eigenvalue weighted by Gasteiger charge is -2.38. The zero-order chi connectivity index (χ0) is 14.9. The zero-order valence-corrected chi connectivity index (χ0v) is 11.3. The number of rotatable bonds is 3. The van der Waals surface area contributed by atoms with Crippen LogP contribution in [0.15, 0.2) is 18.2 Å². The lowest BCUT2D eigenvalue weighted by Crippen LogP contribution is -2.45. The van der Waals surface area contributed by atoms with Crippen LogP contribution in [0.5, 0.6) is 0 Å². The normalized spacial score (nSPS) is 22.6. The van der Waals surface area contributed by atoms with Crippen LogP contribution in [0.4, 0.5) is 17.1 Å². The number of anilines is 2. The molecule has 0 radical (unpaired) electrons. The number of hydrogen-bond donors (Lipinski definition) is 2. The third-order valence-electron chi connectivity index (χ3n) is 3.82. The van der Waals surface area contributed by atoms with Gasteiger partial charge < -0.3 is 16.4 Å². The molecular formula is C13H18N4O3. The largest absolute Gasteiger partial charge is 0.393 e. The van der Waals surface area contributed by atoms with E-state index < -0.39 is 4.92 Å². The number of nitro groups is 1. The van der Waals surface area contributed by atoms with Crippen molar-refractivity contribution in [2.75, 3.05) is 17.2 Å². The van der Waals surface area contributed by atoms with E-state index in [2.05, 4.69) is 6.92 Å². The van der Waals surface area contributed by atoms with Gasteiger partial charge in [0.1, 0.15) is 5.69 Å². The quantitative estimate of drug-likeness (QED) is 0.490. The van der Waals surface area contributed by atoms with Crippen LogP contribution in [0.2, 0.25) is 0 Å². The third kappa shape index (κ3) is 2.66. The SMILES string of the molecule is CC1CCC(C(N)=O)CN1c1ccc([N+](=O)[O-])c(N)c1. The molecule has 1 aliphatic rings. The fourth-order valence-corrected chi connectivity index (χ4v) is 2.59. The van der Waals surface area contributed by atoms with E-state index in [9.17, 15) is 14.9 Å². The number of carbonyl (C=O) groups excluding carboxylic acids is 1. The van der Waals surface area contributed by atoms with Gasteiger partial charge >= 0.3 is 0 Å². The molecule has 1 amide bonds. The number of amides is 1. The Hall–Kier alpha value is -2.31. The van der Waals surface area contributed by atoms with Gasteiger partial charge in [-0.2, -0.15) is 0 Å². The van der Waals surface area contributed by atoms with Gasteiger partial charge in [0.2, 0.25) is 5.91 Å². The number of piperidine rings is 1. The first-order valence-electron chi connectivity index (χ1n) is 6.50. The molecule has 2 atom stereocenters.